The molecule has 1 aromatic carbocycles. The first-order valence-electron chi connectivity index (χ1n) is 5.70. The second-order valence-corrected chi connectivity index (χ2v) is 4.90. The maximum absolute atomic E-state index is 11.1. The SMILES string of the molecule is CC(C)c1ccc(-n2cc(Cl)cc2C(=O)O)cc1. The molecule has 4 heteroatoms. The Morgan fingerprint density at radius 1 is 1.28 bits per heavy atom. The number of carboxylic acids is 1. The number of carboxylic acid groups (broad SMARTS) is 1. The number of benzene rings is 1. The Hall–Kier alpha value is -1.74. The van der Waals surface area contributed by atoms with Gasteiger partial charge in [-0.05, 0) is 29.7 Å². The van der Waals surface area contributed by atoms with Gasteiger partial charge in [0.15, 0.2) is 0 Å². The van der Waals surface area contributed by atoms with Crippen LogP contribution in [0.25, 0.3) is 5.69 Å². The lowest BCUT2D eigenvalue weighted by atomic mass is 10.0. The molecule has 0 saturated heterocycles. The molecule has 3 nitrogen and oxygen atoms in total. The van der Waals surface area contributed by atoms with Gasteiger partial charge in [-0.2, -0.15) is 0 Å². The lowest BCUT2D eigenvalue weighted by Crippen LogP contribution is -2.05. The molecule has 2 aromatic rings. The van der Waals surface area contributed by atoms with Crippen LogP contribution in [0.2, 0.25) is 5.02 Å². The molecule has 0 bridgehead atoms. The van der Waals surface area contributed by atoms with Gasteiger partial charge in [0.05, 0.1) is 5.02 Å². The van der Waals surface area contributed by atoms with Crippen LogP contribution in [0.3, 0.4) is 0 Å². The predicted octanol–water partition coefficient (Wildman–Crippen LogP) is 3.95. The van der Waals surface area contributed by atoms with E-state index in [-0.39, 0.29) is 5.69 Å². The fourth-order valence-corrected chi connectivity index (χ4v) is 2.03. The second kappa shape index (κ2) is 4.86. The van der Waals surface area contributed by atoms with Crippen LogP contribution in [-0.2, 0) is 0 Å². The van der Waals surface area contributed by atoms with E-state index in [1.54, 1.807) is 10.8 Å². The lowest BCUT2D eigenvalue weighted by Gasteiger charge is -2.09. The van der Waals surface area contributed by atoms with E-state index in [1.807, 2.05) is 24.3 Å². The summed E-state index contributed by atoms with van der Waals surface area (Å²) in [4.78, 5) is 11.1. The van der Waals surface area contributed by atoms with E-state index < -0.39 is 5.97 Å². The summed E-state index contributed by atoms with van der Waals surface area (Å²) in [6.07, 6.45) is 1.61. The Kier molecular flexibility index (Phi) is 3.43. The third-order valence-corrected chi connectivity index (χ3v) is 3.05. The summed E-state index contributed by atoms with van der Waals surface area (Å²) in [5.41, 5.74) is 2.18. The summed E-state index contributed by atoms with van der Waals surface area (Å²) in [7, 11) is 0. The number of rotatable bonds is 3. The molecule has 18 heavy (non-hydrogen) atoms. The van der Waals surface area contributed by atoms with E-state index >= 15 is 0 Å². The molecule has 0 saturated carbocycles. The van der Waals surface area contributed by atoms with Crippen LogP contribution in [0.1, 0.15) is 35.8 Å². The van der Waals surface area contributed by atoms with Crippen molar-refractivity contribution < 1.29 is 9.90 Å². The summed E-state index contributed by atoms with van der Waals surface area (Å²) >= 11 is 5.86. The second-order valence-electron chi connectivity index (χ2n) is 4.46. The van der Waals surface area contributed by atoms with Gasteiger partial charge in [0.25, 0.3) is 0 Å². The number of hydrogen-bond acceptors (Lipinski definition) is 1. The first kappa shape index (κ1) is 12.7. The minimum atomic E-state index is -0.991. The Morgan fingerprint density at radius 2 is 1.89 bits per heavy atom. The van der Waals surface area contributed by atoms with Crippen molar-refractivity contribution in [2.24, 2.45) is 0 Å². The standard InChI is InChI=1S/C14H14ClNO2/c1-9(2)10-3-5-12(6-4-10)16-8-11(15)7-13(16)14(17)18/h3-9H,1-2H3,(H,17,18). The monoisotopic (exact) mass is 263 g/mol. The molecule has 2 rings (SSSR count). The average Bonchev–Trinajstić information content (AvgIpc) is 2.71. The van der Waals surface area contributed by atoms with Crippen molar-refractivity contribution in [2.75, 3.05) is 0 Å². The van der Waals surface area contributed by atoms with Crippen molar-refractivity contribution in [1.29, 1.82) is 0 Å². The molecular formula is C14H14ClNO2. The van der Waals surface area contributed by atoms with E-state index in [9.17, 15) is 4.79 Å². The normalized spacial score (nSPS) is 10.9. The maximum atomic E-state index is 11.1. The summed E-state index contributed by atoms with van der Waals surface area (Å²) in [5.74, 6) is -0.541. The Morgan fingerprint density at radius 3 is 2.39 bits per heavy atom. The van der Waals surface area contributed by atoms with Crippen molar-refractivity contribution in [2.45, 2.75) is 19.8 Å². The van der Waals surface area contributed by atoms with Gasteiger partial charge in [-0.1, -0.05) is 37.6 Å². The van der Waals surface area contributed by atoms with Gasteiger partial charge in [0.1, 0.15) is 5.69 Å². The molecule has 1 aromatic heterocycles. The minimum Gasteiger partial charge on any atom is -0.477 e. The number of aromatic carboxylic acids is 1. The Balaban J connectivity index is 2.45. The zero-order valence-electron chi connectivity index (χ0n) is 10.2. The van der Waals surface area contributed by atoms with Crippen LogP contribution in [0.5, 0.6) is 0 Å². The van der Waals surface area contributed by atoms with Gasteiger partial charge in [0, 0.05) is 11.9 Å². The van der Waals surface area contributed by atoms with Crippen LogP contribution >= 0.6 is 11.6 Å². The number of halogens is 1. The van der Waals surface area contributed by atoms with Crippen LogP contribution in [0.15, 0.2) is 36.5 Å². The van der Waals surface area contributed by atoms with E-state index in [2.05, 4.69) is 13.8 Å². The average molecular weight is 264 g/mol. The van der Waals surface area contributed by atoms with Gasteiger partial charge in [-0.25, -0.2) is 4.79 Å². The molecule has 0 aliphatic heterocycles. The van der Waals surface area contributed by atoms with Crippen LogP contribution < -0.4 is 0 Å². The molecule has 0 radical (unpaired) electrons. The molecule has 0 fully saturated rings. The first-order valence-corrected chi connectivity index (χ1v) is 6.08. The molecule has 94 valence electrons. The number of carbonyl (C=O) groups is 1. The van der Waals surface area contributed by atoms with Crippen molar-refractivity contribution >= 4 is 17.6 Å². The topological polar surface area (TPSA) is 42.2 Å². The highest BCUT2D eigenvalue weighted by Gasteiger charge is 2.13. The largest absolute Gasteiger partial charge is 0.477 e. The number of hydrogen-bond donors (Lipinski definition) is 1. The Bertz CT molecular complexity index is 570. The van der Waals surface area contributed by atoms with Crippen LogP contribution in [0, 0.1) is 0 Å². The smallest absolute Gasteiger partial charge is 0.352 e. The van der Waals surface area contributed by atoms with Crippen molar-refractivity contribution in [3.05, 3.63) is 52.8 Å². The van der Waals surface area contributed by atoms with E-state index in [0.717, 1.165) is 5.69 Å². The molecular weight excluding hydrogens is 250 g/mol. The highest BCUT2D eigenvalue weighted by atomic mass is 35.5. The fraction of sp³-hybridized carbons (Fsp3) is 0.214. The summed E-state index contributed by atoms with van der Waals surface area (Å²) in [6.45, 7) is 4.23. The van der Waals surface area contributed by atoms with Crippen LogP contribution in [0.4, 0.5) is 0 Å². The third-order valence-electron chi connectivity index (χ3n) is 2.84. The zero-order valence-corrected chi connectivity index (χ0v) is 11.0. The van der Waals surface area contributed by atoms with Crippen LogP contribution in [-0.4, -0.2) is 15.6 Å². The van der Waals surface area contributed by atoms with E-state index in [0.29, 0.717) is 10.9 Å². The van der Waals surface area contributed by atoms with Crippen molar-refractivity contribution in [3.63, 3.8) is 0 Å². The number of nitrogens with zero attached hydrogens (tertiary/aromatic N) is 1. The van der Waals surface area contributed by atoms with Gasteiger partial charge >= 0.3 is 5.97 Å². The maximum Gasteiger partial charge on any atom is 0.352 e. The quantitative estimate of drug-likeness (QED) is 0.911. The Labute approximate surface area is 111 Å². The first-order chi connectivity index (χ1) is 8.49. The van der Waals surface area contributed by atoms with E-state index in [4.69, 9.17) is 16.7 Å². The highest BCUT2D eigenvalue weighted by Crippen LogP contribution is 2.21. The zero-order chi connectivity index (χ0) is 13.3. The van der Waals surface area contributed by atoms with Crippen molar-refractivity contribution in [1.82, 2.24) is 4.57 Å². The molecule has 1 N–H and O–H groups in total. The van der Waals surface area contributed by atoms with Gasteiger partial charge in [-0.15, -0.1) is 0 Å². The molecule has 0 amide bonds. The molecule has 0 atom stereocenters. The summed E-state index contributed by atoms with van der Waals surface area (Å²) in [5, 5.41) is 9.52. The predicted molar refractivity (Wildman–Crippen MR) is 71.8 cm³/mol. The highest BCUT2D eigenvalue weighted by molar-refractivity contribution is 6.31. The van der Waals surface area contributed by atoms with Gasteiger partial charge in [-0.3, -0.25) is 0 Å². The van der Waals surface area contributed by atoms with E-state index in [1.165, 1.54) is 11.6 Å². The summed E-state index contributed by atoms with van der Waals surface area (Å²) in [6, 6.07) is 9.25. The molecule has 0 unspecified atom stereocenters. The molecule has 0 aliphatic carbocycles. The van der Waals surface area contributed by atoms with Gasteiger partial charge in [0.2, 0.25) is 0 Å². The number of aromatic nitrogens is 1. The third kappa shape index (κ3) is 2.41. The molecule has 0 aliphatic rings. The molecule has 1 heterocycles. The molecule has 0 spiro atoms. The van der Waals surface area contributed by atoms with Crippen molar-refractivity contribution in [3.8, 4) is 5.69 Å². The fourth-order valence-electron chi connectivity index (χ4n) is 1.83. The van der Waals surface area contributed by atoms with Gasteiger partial charge < -0.3 is 9.67 Å². The summed E-state index contributed by atoms with van der Waals surface area (Å²) < 4.78 is 1.58. The minimum absolute atomic E-state index is 0.164. The lowest BCUT2D eigenvalue weighted by molar-refractivity contribution is 0.0688.